The van der Waals surface area contributed by atoms with E-state index < -0.39 is 15.9 Å². The summed E-state index contributed by atoms with van der Waals surface area (Å²) in [5, 5.41) is 0. The van der Waals surface area contributed by atoms with E-state index in [9.17, 15) is 13.2 Å². The lowest BCUT2D eigenvalue weighted by Crippen LogP contribution is -2.26. The van der Waals surface area contributed by atoms with Crippen LogP contribution in [-0.4, -0.2) is 44.5 Å². The molecule has 4 aromatic rings. The maximum absolute atomic E-state index is 13.0. The molecule has 0 fully saturated rings. The van der Waals surface area contributed by atoms with Crippen molar-refractivity contribution < 1.29 is 22.7 Å². The Labute approximate surface area is 220 Å². The van der Waals surface area contributed by atoms with Crippen molar-refractivity contribution in [2.24, 2.45) is 4.99 Å². The van der Waals surface area contributed by atoms with Crippen LogP contribution in [0.15, 0.2) is 76.6 Å². The molecule has 1 aromatic heterocycles. The fourth-order valence-electron chi connectivity index (χ4n) is 3.95. The van der Waals surface area contributed by atoms with Gasteiger partial charge in [0, 0.05) is 37.8 Å². The molecule has 0 N–H and O–H groups in total. The van der Waals surface area contributed by atoms with Gasteiger partial charge >= 0.3 is 0 Å². The Bertz CT molecular complexity index is 1570. The van der Waals surface area contributed by atoms with Gasteiger partial charge in [-0.2, -0.15) is 9.30 Å². The SMILES string of the molecule is CCCn1c(=NC(=O)c2ccc(S(=O)(=O)N(C)Cc3ccccc3)cc2)sc2cc(OC)c(OC)cc21. The molecule has 0 radical (unpaired) electrons. The number of benzene rings is 3. The number of aryl methyl sites for hydroxylation is 1. The first-order chi connectivity index (χ1) is 17.8. The van der Waals surface area contributed by atoms with E-state index in [-0.39, 0.29) is 11.4 Å². The van der Waals surface area contributed by atoms with Crippen molar-refractivity contribution in [2.45, 2.75) is 31.3 Å². The third kappa shape index (κ3) is 5.61. The molecule has 4 rings (SSSR count). The van der Waals surface area contributed by atoms with Gasteiger partial charge in [0.05, 0.1) is 29.3 Å². The fourth-order valence-corrected chi connectivity index (χ4v) is 6.17. The number of aromatic nitrogens is 1. The number of carbonyl (C=O) groups excluding carboxylic acids is 1. The molecule has 0 spiro atoms. The van der Waals surface area contributed by atoms with Gasteiger partial charge in [0.15, 0.2) is 16.3 Å². The molecule has 194 valence electrons. The maximum Gasteiger partial charge on any atom is 0.279 e. The molecule has 0 aliphatic heterocycles. The van der Waals surface area contributed by atoms with Crippen LogP contribution < -0.4 is 14.3 Å². The van der Waals surface area contributed by atoms with Gasteiger partial charge in [-0.05, 0) is 36.2 Å². The summed E-state index contributed by atoms with van der Waals surface area (Å²) in [4.78, 5) is 18.1. The lowest BCUT2D eigenvalue weighted by molar-refractivity contribution is 0.0997. The average molecular weight is 540 g/mol. The molecule has 10 heteroatoms. The first kappa shape index (κ1) is 26.6. The third-order valence-electron chi connectivity index (χ3n) is 5.89. The predicted molar refractivity (Wildman–Crippen MR) is 145 cm³/mol. The van der Waals surface area contributed by atoms with Crippen molar-refractivity contribution in [1.82, 2.24) is 8.87 Å². The Morgan fingerprint density at radius 2 is 1.65 bits per heavy atom. The molecular formula is C27H29N3O5S2. The van der Waals surface area contributed by atoms with E-state index in [0.717, 1.165) is 22.2 Å². The lowest BCUT2D eigenvalue weighted by atomic mass is 10.2. The zero-order chi connectivity index (χ0) is 26.6. The Morgan fingerprint density at radius 3 is 2.27 bits per heavy atom. The monoisotopic (exact) mass is 539 g/mol. The van der Waals surface area contributed by atoms with Crippen LogP contribution in [0, 0.1) is 0 Å². The first-order valence-electron chi connectivity index (χ1n) is 11.7. The highest BCUT2D eigenvalue weighted by molar-refractivity contribution is 7.89. The number of carbonyl (C=O) groups is 1. The van der Waals surface area contributed by atoms with Gasteiger partial charge in [0.2, 0.25) is 10.0 Å². The highest BCUT2D eigenvalue weighted by atomic mass is 32.2. The zero-order valence-electron chi connectivity index (χ0n) is 21.2. The van der Waals surface area contributed by atoms with Crippen molar-refractivity contribution in [3.05, 3.63) is 82.7 Å². The molecule has 1 amide bonds. The highest BCUT2D eigenvalue weighted by Gasteiger charge is 2.21. The number of fused-ring (bicyclic) bond motifs is 1. The molecule has 8 nitrogen and oxygen atoms in total. The fraction of sp³-hybridized carbons (Fsp3) is 0.259. The van der Waals surface area contributed by atoms with Gasteiger partial charge in [-0.3, -0.25) is 4.79 Å². The topological polar surface area (TPSA) is 90.2 Å². The van der Waals surface area contributed by atoms with Gasteiger partial charge in [0.25, 0.3) is 5.91 Å². The largest absolute Gasteiger partial charge is 0.493 e. The minimum Gasteiger partial charge on any atom is -0.493 e. The van der Waals surface area contributed by atoms with E-state index >= 15 is 0 Å². The van der Waals surface area contributed by atoms with E-state index in [0.29, 0.717) is 28.4 Å². The summed E-state index contributed by atoms with van der Waals surface area (Å²) in [5.74, 6) is 0.758. The van der Waals surface area contributed by atoms with E-state index in [4.69, 9.17) is 9.47 Å². The van der Waals surface area contributed by atoms with Crippen LogP contribution in [0.25, 0.3) is 10.2 Å². The lowest BCUT2D eigenvalue weighted by Gasteiger charge is -2.17. The molecule has 0 bridgehead atoms. The van der Waals surface area contributed by atoms with Crippen LogP contribution in [0.2, 0.25) is 0 Å². The van der Waals surface area contributed by atoms with Crippen molar-refractivity contribution in [1.29, 1.82) is 0 Å². The molecule has 0 atom stereocenters. The number of amides is 1. The second-order valence-electron chi connectivity index (χ2n) is 8.40. The van der Waals surface area contributed by atoms with Crippen molar-refractivity contribution in [3.63, 3.8) is 0 Å². The Kier molecular flexibility index (Phi) is 8.11. The molecular weight excluding hydrogens is 510 g/mol. The summed E-state index contributed by atoms with van der Waals surface area (Å²) < 4.78 is 41.1. The smallest absolute Gasteiger partial charge is 0.279 e. The molecule has 0 aliphatic carbocycles. The van der Waals surface area contributed by atoms with Crippen LogP contribution in [0.1, 0.15) is 29.3 Å². The summed E-state index contributed by atoms with van der Waals surface area (Å²) in [6.07, 6.45) is 0.852. The number of sulfonamides is 1. The maximum atomic E-state index is 13.0. The average Bonchev–Trinajstić information content (AvgIpc) is 3.24. The summed E-state index contributed by atoms with van der Waals surface area (Å²) in [6, 6.07) is 19.0. The summed E-state index contributed by atoms with van der Waals surface area (Å²) in [6.45, 7) is 2.97. The zero-order valence-corrected chi connectivity index (χ0v) is 22.8. The molecule has 0 saturated heterocycles. The van der Waals surface area contributed by atoms with Crippen LogP contribution >= 0.6 is 11.3 Å². The van der Waals surface area contributed by atoms with E-state index in [1.165, 1.54) is 47.0 Å². The van der Waals surface area contributed by atoms with Crippen LogP contribution in [0.4, 0.5) is 0 Å². The Balaban J connectivity index is 1.63. The van der Waals surface area contributed by atoms with Gasteiger partial charge < -0.3 is 14.0 Å². The second-order valence-corrected chi connectivity index (χ2v) is 11.5. The number of thiazole rings is 1. The summed E-state index contributed by atoms with van der Waals surface area (Å²) in [5.41, 5.74) is 2.09. The number of hydrogen-bond acceptors (Lipinski definition) is 6. The van der Waals surface area contributed by atoms with E-state index in [1.807, 2.05) is 47.0 Å². The number of ether oxygens (including phenoxy) is 2. The molecule has 1 heterocycles. The summed E-state index contributed by atoms with van der Waals surface area (Å²) in [7, 11) is 0.979. The minimum absolute atomic E-state index is 0.115. The van der Waals surface area contributed by atoms with Crippen LogP contribution in [0.3, 0.4) is 0 Å². The standard InChI is InChI=1S/C27H29N3O5S2/c1-5-15-30-22-16-23(34-3)24(35-4)17-25(22)36-27(30)28-26(31)20-11-13-21(14-12-20)37(32,33)29(2)18-19-9-7-6-8-10-19/h6-14,16-17H,5,15,18H2,1-4H3. The molecule has 0 aliphatic rings. The molecule has 0 unspecified atom stereocenters. The Morgan fingerprint density at radius 1 is 1.00 bits per heavy atom. The first-order valence-corrected chi connectivity index (χ1v) is 14.0. The van der Waals surface area contributed by atoms with Crippen molar-refractivity contribution in [3.8, 4) is 11.5 Å². The third-order valence-corrected chi connectivity index (χ3v) is 8.75. The van der Waals surface area contributed by atoms with Gasteiger partial charge in [-0.1, -0.05) is 48.6 Å². The number of methoxy groups -OCH3 is 2. The van der Waals surface area contributed by atoms with Crippen LogP contribution in [-0.2, 0) is 23.1 Å². The second kappa shape index (κ2) is 11.3. The normalized spacial score (nSPS) is 12.3. The van der Waals surface area contributed by atoms with Gasteiger partial charge in [-0.15, -0.1) is 0 Å². The molecule has 37 heavy (non-hydrogen) atoms. The number of hydrogen-bond donors (Lipinski definition) is 0. The minimum atomic E-state index is -3.72. The van der Waals surface area contributed by atoms with Gasteiger partial charge in [0.1, 0.15) is 0 Å². The number of rotatable bonds is 9. The van der Waals surface area contributed by atoms with Crippen molar-refractivity contribution >= 4 is 37.5 Å². The molecule has 0 saturated carbocycles. The quantitative estimate of drug-likeness (QED) is 0.308. The van der Waals surface area contributed by atoms with E-state index in [2.05, 4.69) is 11.9 Å². The molecule has 3 aromatic carbocycles. The van der Waals surface area contributed by atoms with Gasteiger partial charge in [-0.25, -0.2) is 8.42 Å². The van der Waals surface area contributed by atoms with Crippen molar-refractivity contribution in [2.75, 3.05) is 21.3 Å². The highest BCUT2D eigenvalue weighted by Crippen LogP contribution is 2.33. The van der Waals surface area contributed by atoms with E-state index in [1.54, 1.807) is 14.2 Å². The number of nitrogens with zero attached hydrogens (tertiary/aromatic N) is 3. The summed E-state index contributed by atoms with van der Waals surface area (Å²) >= 11 is 1.39. The predicted octanol–water partition coefficient (Wildman–Crippen LogP) is 4.69. The van der Waals surface area contributed by atoms with Crippen LogP contribution in [0.5, 0.6) is 11.5 Å². The Hall–Kier alpha value is -3.47.